The molecule has 0 aliphatic carbocycles. The van der Waals surface area contributed by atoms with Crippen molar-refractivity contribution in [3.8, 4) is 5.75 Å². The summed E-state index contributed by atoms with van der Waals surface area (Å²) in [5.41, 5.74) is 1.01. The van der Waals surface area contributed by atoms with Gasteiger partial charge in [-0.15, -0.1) is 0 Å². The highest BCUT2D eigenvalue weighted by Gasteiger charge is 2.33. The van der Waals surface area contributed by atoms with Crippen molar-refractivity contribution in [1.82, 2.24) is 9.88 Å². The van der Waals surface area contributed by atoms with Gasteiger partial charge in [-0.1, -0.05) is 25.2 Å². The first-order valence-corrected chi connectivity index (χ1v) is 11.4. The summed E-state index contributed by atoms with van der Waals surface area (Å²) in [5.74, 6) is 2.55. The van der Waals surface area contributed by atoms with Crippen LogP contribution in [0.15, 0.2) is 18.2 Å². The monoisotopic (exact) mass is 401 g/mol. The Morgan fingerprint density at radius 2 is 2.04 bits per heavy atom. The van der Waals surface area contributed by atoms with Crippen LogP contribution in [0, 0.1) is 17.8 Å². The molecular weight excluding hydrogens is 370 g/mol. The molecule has 2 aliphatic rings. The molecule has 28 heavy (non-hydrogen) atoms. The number of ether oxygens (including phenoxy) is 1. The molecule has 0 spiro atoms. The average Bonchev–Trinajstić information content (AvgIpc) is 3.10. The van der Waals surface area contributed by atoms with Crippen molar-refractivity contribution < 1.29 is 9.53 Å². The molecule has 2 aromatic rings. The van der Waals surface area contributed by atoms with Crippen molar-refractivity contribution in [2.45, 2.75) is 40.0 Å². The van der Waals surface area contributed by atoms with Gasteiger partial charge >= 0.3 is 0 Å². The molecule has 0 N–H and O–H groups in total. The van der Waals surface area contributed by atoms with Gasteiger partial charge in [0.2, 0.25) is 5.91 Å². The fraction of sp³-hybridized carbons (Fsp3) is 0.636. The van der Waals surface area contributed by atoms with Gasteiger partial charge in [-0.25, -0.2) is 4.98 Å². The summed E-state index contributed by atoms with van der Waals surface area (Å²) in [6.45, 7) is 10.8. The van der Waals surface area contributed by atoms with Gasteiger partial charge in [0.1, 0.15) is 5.75 Å². The standard InChI is InChI=1S/C22H31N3O2S/c1-4-27-18-7-8-19-20(11-18)28-22(23-19)24-9-5-6-17(14-24)21(26)25-12-15(2)10-16(3)13-25/h7-8,11,15-17H,4-6,9-10,12-14H2,1-3H3/t15-,16+,17-/m1/s1. The van der Waals surface area contributed by atoms with E-state index in [-0.39, 0.29) is 5.92 Å². The number of fused-ring (bicyclic) bond motifs is 1. The normalized spacial score (nSPS) is 25.9. The van der Waals surface area contributed by atoms with E-state index >= 15 is 0 Å². The predicted octanol–water partition coefficient (Wildman–Crippen LogP) is 4.42. The van der Waals surface area contributed by atoms with Crippen molar-refractivity contribution in [2.75, 3.05) is 37.7 Å². The van der Waals surface area contributed by atoms with E-state index in [1.54, 1.807) is 11.3 Å². The third-order valence-electron chi connectivity index (χ3n) is 5.88. The second kappa shape index (κ2) is 8.27. The van der Waals surface area contributed by atoms with E-state index in [4.69, 9.17) is 9.72 Å². The number of anilines is 1. The van der Waals surface area contributed by atoms with E-state index in [1.807, 2.05) is 19.1 Å². The van der Waals surface area contributed by atoms with Crippen molar-refractivity contribution >= 4 is 32.6 Å². The van der Waals surface area contributed by atoms with Crippen LogP contribution in [0.25, 0.3) is 10.2 Å². The number of thiazole rings is 1. The lowest BCUT2D eigenvalue weighted by molar-refractivity contribution is -0.138. The Morgan fingerprint density at radius 3 is 2.79 bits per heavy atom. The molecule has 0 unspecified atom stereocenters. The number of amides is 1. The van der Waals surface area contributed by atoms with Gasteiger partial charge in [0, 0.05) is 26.2 Å². The highest BCUT2D eigenvalue weighted by Crippen LogP contribution is 2.34. The van der Waals surface area contributed by atoms with E-state index in [0.29, 0.717) is 24.3 Å². The molecule has 0 saturated carbocycles. The third kappa shape index (κ3) is 4.12. The highest BCUT2D eigenvalue weighted by atomic mass is 32.1. The van der Waals surface area contributed by atoms with Gasteiger partial charge in [0.15, 0.2) is 5.13 Å². The second-order valence-electron chi connectivity index (χ2n) is 8.53. The van der Waals surface area contributed by atoms with Crippen LogP contribution >= 0.6 is 11.3 Å². The molecule has 1 aromatic carbocycles. The van der Waals surface area contributed by atoms with Crippen LogP contribution in [0.5, 0.6) is 5.75 Å². The van der Waals surface area contributed by atoms with Gasteiger partial charge in [0.05, 0.1) is 22.7 Å². The number of piperidine rings is 2. The maximum Gasteiger partial charge on any atom is 0.227 e. The zero-order valence-corrected chi connectivity index (χ0v) is 18.0. The maximum atomic E-state index is 13.2. The Morgan fingerprint density at radius 1 is 1.25 bits per heavy atom. The van der Waals surface area contributed by atoms with Crippen LogP contribution < -0.4 is 9.64 Å². The van der Waals surface area contributed by atoms with Crippen LogP contribution in [-0.2, 0) is 4.79 Å². The molecule has 0 bridgehead atoms. The summed E-state index contributed by atoms with van der Waals surface area (Å²) >= 11 is 1.70. The average molecular weight is 402 g/mol. The lowest BCUT2D eigenvalue weighted by Gasteiger charge is -2.39. The molecule has 2 fully saturated rings. The van der Waals surface area contributed by atoms with Crippen LogP contribution in [0.1, 0.15) is 40.0 Å². The SMILES string of the molecule is CCOc1ccc2nc(N3CCC[C@@H](C(=O)N4C[C@H](C)C[C@H](C)C4)C3)sc2c1. The number of rotatable bonds is 4. The largest absolute Gasteiger partial charge is 0.494 e. The summed E-state index contributed by atoms with van der Waals surface area (Å²) in [6, 6.07) is 6.09. The molecule has 3 atom stereocenters. The molecule has 1 amide bonds. The summed E-state index contributed by atoms with van der Waals surface area (Å²) in [4.78, 5) is 22.4. The van der Waals surface area contributed by atoms with Crippen LogP contribution in [0.2, 0.25) is 0 Å². The van der Waals surface area contributed by atoms with Gasteiger partial charge in [-0.05, 0) is 56.2 Å². The molecule has 152 valence electrons. The van der Waals surface area contributed by atoms with E-state index < -0.39 is 0 Å². The Kier molecular flexibility index (Phi) is 5.76. The Balaban J connectivity index is 1.47. The fourth-order valence-electron chi connectivity index (χ4n) is 4.74. The quantitative estimate of drug-likeness (QED) is 0.761. The van der Waals surface area contributed by atoms with Gasteiger partial charge < -0.3 is 14.5 Å². The van der Waals surface area contributed by atoms with Crippen LogP contribution in [-0.4, -0.2) is 48.6 Å². The number of carbonyl (C=O) groups excluding carboxylic acids is 1. The molecular formula is C22H31N3O2S. The third-order valence-corrected chi connectivity index (χ3v) is 6.96. The molecule has 0 radical (unpaired) electrons. The highest BCUT2D eigenvalue weighted by molar-refractivity contribution is 7.22. The molecule has 3 heterocycles. The van der Waals surface area contributed by atoms with E-state index in [9.17, 15) is 4.79 Å². The minimum Gasteiger partial charge on any atom is -0.494 e. The van der Waals surface area contributed by atoms with E-state index in [1.165, 1.54) is 6.42 Å². The van der Waals surface area contributed by atoms with Crippen LogP contribution in [0.4, 0.5) is 5.13 Å². The molecule has 2 saturated heterocycles. The molecule has 6 heteroatoms. The lowest BCUT2D eigenvalue weighted by Crippen LogP contribution is -2.49. The summed E-state index contributed by atoms with van der Waals surface area (Å²) in [7, 11) is 0. The number of aromatic nitrogens is 1. The number of nitrogens with zero attached hydrogens (tertiary/aromatic N) is 3. The molecule has 4 rings (SSSR count). The summed E-state index contributed by atoms with van der Waals surface area (Å²) < 4.78 is 6.76. The first-order chi connectivity index (χ1) is 13.5. The topological polar surface area (TPSA) is 45.7 Å². The lowest BCUT2D eigenvalue weighted by atomic mass is 9.89. The number of carbonyl (C=O) groups is 1. The first-order valence-electron chi connectivity index (χ1n) is 10.6. The van der Waals surface area contributed by atoms with Crippen molar-refractivity contribution in [3.63, 3.8) is 0 Å². The first kappa shape index (κ1) is 19.5. The fourth-order valence-corrected chi connectivity index (χ4v) is 5.77. The van der Waals surface area contributed by atoms with E-state index in [2.05, 4.69) is 29.7 Å². The zero-order valence-electron chi connectivity index (χ0n) is 17.2. The number of likely N-dealkylation sites (tertiary alicyclic amines) is 1. The smallest absolute Gasteiger partial charge is 0.227 e. The number of hydrogen-bond acceptors (Lipinski definition) is 5. The van der Waals surface area contributed by atoms with Gasteiger partial charge in [0.25, 0.3) is 0 Å². The number of hydrogen-bond donors (Lipinski definition) is 0. The minimum atomic E-state index is 0.0947. The second-order valence-corrected chi connectivity index (χ2v) is 9.54. The summed E-state index contributed by atoms with van der Waals surface area (Å²) in [6.07, 6.45) is 3.28. The van der Waals surface area contributed by atoms with Crippen LogP contribution in [0.3, 0.4) is 0 Å². The zero-order chi connectivity index (χ0) is 19.7. The van der Waals surface area contributed by atoms with Crippen molar-refractivity contribution in [2.24, 2.45) is 17.8 Å². The Hall–Kier alpha value is -1.82. The minimum absolute atomic E-state index is 0.0947. The molecule has 5 nitrogen and oxygen atoms in total. The number of benzene rings is 1. The van der Waals surface area contributed by atoms with E-state index in [0.717, 1.165) is 60.1 Å². The van der Waals surface area contributed by atoms with Gasteiger partial charge in [-0.2, -0.15) is 0 Å². The Labute approximate surface area is 171 Å². The van der Waals surface area contributed by atoms with Gasteiger partial charge in [-0.3, -0.25) is 4.79 Å². The molecule has 2 aliphatic heterocycles. The maximum absolute atomic E-state index is 13.2. The summed E-state index contributed by atoms with van der Waals surface area (Å²) in [5, 5.41) is 1.03. The molecule has 1 aromatic heterocycles. The predicted molar refractivity (Wildman–Crippen MR) is 115 cm³/mol. The van der Waals surface area contributed by atoms with Crippen molar-refractivity contribution in [1.29, 1.82) is 0 Å². The Bertz CT molecular complexity index is 826. The van der Waals surface area contributed by atoms with Crippen molar-refractivity contribution in [3.05, 3.63) is 18.2 Å².